The monoisotopic (exact) mass is 260 g/mol. The average Bonchev–Trinajstić information content (AvgIpc) is 2.66. The number of nitrogens with zero attached hydrogens (tertiary/aromatic N) is 4. The van der Waals surface area contributed by atoms with Crippen molar-refractivity contribution in [1.29, 1.82) is 0 Å². The fourth-order valence-electron chi connectivity index (χ4n) is 1.16. The predicted octanol–water partition coefficient (Wildman–Crippen LogP) is 1.19. The summed E-state index contributed by atoms with van der Waals surface area (Å²) >= 11 is 5.84. The zero-order valence-electron chi connectivity index (χ0n) is 8.09. The molecule has 0 N–H and O–H groups in total. The number of aromatic nitrogens is 4. The molecule has 0 bridgehead atoms. The van der Waals surface area contributed by atoms with Gasteiger partial charge < -0.3 is 0 Å². The highest BCUT2D eigenvalue weighted by Gasteiger charge is 2.14. The van der Waals surface area contributed by atoms with Crippen LogP contribution < -0.4 is 0 Å². The van der Waals surface area contributed by atoms with Crippen molar-refractivity contribution < 1.29 is 8.60 Å². The lowest BCUT2D eigenvalue weighted by molar-refractivity contribution is 0.626. The second kappa shape index (κ2) is 4.26. The van der Waals surface area contributed by atoms with Gasteiger partial charge in [-0.3, -0.25) is 4.21 Å². The third kappa shape index (κ3) is 1.96. The van der Waals surface area contributed by atoms with Crippen LogP contribution in [0.25, 0.3) is 5.69 Å². The fraction of sp³-hybridized carbons (Fsp3) is 0.125. The van der Waals surface area contributed by atoms with E-state index in [-0.39, 0.29) is 10.2 Å². The zero-order chi connectivity index (χ0) is 11.7. The zero-order valence-corrected chi connectivity index (χ0v) is 9.67. The van der Waals surface area contributed by atoms with Crippen LogP contribution in [0.1, 0.15) is 0 Å². The quantitative estimate of drug-likeness (QED) is 0.814. The summed E-state index contributed by atoms with van der Waals surface area (Å²) in [5, 5.41) is 11.0. The van der Waals surface area contributed by atoms with Gasteiger partial charge in [-0.2, -0.15) is 4.68 Å². The van der Waals surface area contributed by atoms with Crippen molar-refractivity contribution in [2.75, 3.05) is 6.26 Å². The van der Waals surface area contributed by atoms with Gasteiger partial charge in [0.1, 0.15) is 5.82 Å². The van der Waals surface area contributed by atoms with E-state index in [0.717, 1.165) is 6.07 Å². The summed E-state index contributed by atoms with van der Waals surface area (Å²) in [4.78, 5) is 0. The summed E-state index contributed by atoms with van der Waals surface area (Å²) in [6, 6.07) is 3.79. The molecule has 2 rings (SSSR count). The first-order chi connectivity index (χ1) is 7.59. The molecule has 0 fully saturated rings. The number of hydrogen-bond donors (Lipinski definition) is 0. The Morgan fingerprint density at radius 3 is 2.88 bits per heavy atom. The van der Waals surface area contributed by atoms with Gasteiger partial charge in [0.25, 0.3) is 0 Å². The number of tetrazole rings is 1. The number of benzene rings is 1. The molecule has 0 aliphatic carbocycles. The van der Waals surface area contributed by atoms with E-state index in [0.29, 0.717) is 5.69 Å². The maximum atomic E-state index is 12.8. The Kier molecular flexibility index (Phi) is 2.97. The lowest BCUT2D eigenvalue weighted by Gasteiger charge is -2.04. The number of hydrogen-bond acceptors (Lipinski definition) is 4. The molecular weight excluding hydrogens is 255 g/mol. The molecule has 16 heavy (non-hydrogen) atoms. The van der Waals surface area contributed by atoms with Crippen molar-refractivity contribution >= 4 is 22.4 Å². The highest BCUT2D eigenvalue weighted by molar-refractivity contribution is 7.84. The molecular formula is C8H6ClFN4OS. The molecule has 2 aromatic rings. The average molecular weight is 261 g/mol. The van der Waals surface area contributed by atoms with Crippen LogP contribution in [0.5, 0.6) is 0 Å². The molecule has 1 aromatic heterocycles. The normalized spacial score (nSPS) is 12.7. The SMILES string of the molecule is CS(=O)c1nnnn1-c1ccc(F)cc1Cl. The van der Waals surface area contributed by atoms with Crippen LogP contribution in [0.2, 0.25) is 5.02 Å². The van der Waals surface area contributed by atoms with Gasteiger partial charge >= 0.3 is 0 Å². The van der Waals surface area contributed by atoms with Crippen molar-refractivity contribution in [3.63, 3.8) is 0 Å². The third-order valence-electron chi connectivity index (χ3n) is 1.84. The van der Waals surface area contributed by atoms with Crippen molar-refractivity contribution in [3.05, 3.63) is 29.0 Å². The van der Waals surface area contributed by atoms with Crippen molar-refractivity contribution in [3.8, 4) is 5.69 Å². The second-order valence-corrected chi connectivity index (χ2v) is 4.60. The van der Waals surface area contributed by atoms with E-state index >= 15 is 0 Å². The van der Waals surface area contributed by atoms with Crippen LogP contribution in [0, 0.1) is 5.82 Å². The molecule has 8 heteroatoms. The highest BCUT2D eigenvalue weighted by Crippen LogP contribution is 2.21. The molecule has 0 amide bonds. The minimum atomic E-state index is -1.35. The van der Waals surface area contributed by atoms with E-state index in [9.17, 15) is 8.60 Å². The maximum Gasteiger partial charge on any atom is 0.244 e. The highest BCUT2D eigenvalue weighted by atomic mass is 35.5. The van der Waals surface area contributed by atoms with E-state index in [1.165, 1.54) is 23.1 Å². The Labute approximate surface area is 97.7 Å². The van der Waals surface area contributed by atoms with Crippen LogP contribution in [0.3, 0.4) is 0 Å². The Morgan fingerprint density at radius 2 is 2.25 bits per heavy atom. The lowest BCUT2D eigenvalue weighted by atomic mass is 10.3. The molecule has 5 nitrogen and oxygen atoms in total. The van der Waals surface area contributed by atoms with Crippen LogP contribution in [-0.2, 0) is 10.8 Å². The van der Waals surface area contributed by atoms with Crippen LogP contribution >= 0.6 is 11.6 Å². The second-order valence-electron chi connectivity index (χ2n) is 2.92. The van der Waals surface area contributed by atoms with E-state index in [2.05, 4.69) is 15.5 Å². The standard InChI is InChI=1S/C8H6ClFN4OS/c1-16(15)8-11-12-13-14(8)7-3-2-5(10)4-6(7)9/h2-4H,1H3. The van der Waals surface area contributed by atoms with Crippen LogP contribution in [-0.4, -0.2) is 30.7 Å². The van der Waals surface area contributed by atoms with Gasteiger partial charge in [0.05, 0.1) is 21.5 Å². The molecule has 0 spiro atoms. The van der Waals surface area contributed by atoms with E-state index in [1.54, 1.807) is 0 Å². The Balaban J connectivity index is 2.59. The minimum absolute atomic E-state index is 0.152. The van der Waals surface area contributed by atoms with Gasteiger partial charge in [0.15, 0.2) is 0 Å². The molecule has 84 valence electrons. The molecule has 0 radical (unpaired) electrons. The first kappa shape index (κ1) is 11.2. The molecule has 0 saturated carbocycles. The van der Waals surface area contributed by atoms with Crippen molar-refractivity contribution in [2.45, 2.75) is 5.16 Å². The summed E-state index contributed by atoms with van der Waals surface area (Å²) in [6.07, 6.45) is 1.44. The Hall–Kier alpha value is -1.34. The summed E-state index contributed by atoms with van der Waals surface area (Å²) in [5.74, 6) is -0.457. The van der Waals surface area contributed by atoms with Crippen molar-refractivity contribution in [1.82, 2.24) is 20.2 Å². The molecule has 1 atom stereocenters. The topological polar surface area (TPSA) is 60.7 Å². The summed E-state index contributed by atoms with van der Waals surface area (Å²) in [7, 11) is -1.35. The van der Waals surface area contributed by atoms with Gasteiger partial charge in [-0.15, -0.1) is 0 Å². The number of halogens is 2. The first-order valence-electron chi connectivity index (χ1n) is 4.17. The Morgan fingerprint density at radius 1 is 1.50 bits per heavy atom. The summed E-state index contributed by atoms with van der Waals surface area (Å²) in [5.41, 5.74) is 0.387. The van der Waals surface area contributed by atoms with Crippen LogP contribution in [0.4, 0.5) is 4.39 Å². The maximum absolute atomic E-state index is 12.8. The van der Waals surface area contributed by atoms with Gasteiger partial charge in [0, 0.05) is 6.26 Å². The van der Waals surface area contributed by atoms with Gasteiger partial charge in [-0.1, -0.05) is 16.7 Å². The Bertz CT molecular complexity index is 559. The molecule has 0 saturated heterocycles. The lowest BCUT2D eigenvalue weighted by Crippen LogP contribution is -2.05. The van der Waals surface area contributed by atoms with E-state index in [1.807, 2.05) is 0 Å². The van der Waals surface area contributed by atoms with E-state index in [4.69, 9.17) is 11.6 Å². The minimum Gasteiger partial charge on any atom is -0.251 e. The summed E-state index contributed by atoms with van der Waals surface area (Å²) < 4.78 is 25.4. The third-order valence-corrected chi connectivity index (χ3v) is 2.91. The molecule has 1 unspecified atom stereocenters. The number of rotatable bonds is 2. The largest absolute Gasteiger partial charge is 0.251 e. The van der Waals surface area contributed by atoms with Gasteiger partial charge in [0.2, 0.25) is 5.16 Å². The molecule has 0 aliphatic heterocycles. The molecule has 1 heterocycles. The fourth-order valence-corrected chi connectivity index (χ4v) is 1.94. The smallest absolute Gasteiger partial charge is 0.244 e. The molecule has 1 aromatic carbocycles. The predicted molar refractivity (Wildman–Crippen MR) is 56.5 cm³/mol. The molecule has 0 aliphatic rings. The van der Waals surface area contributed by atoms with Crippen molar-refractivity contribution in [2.24, 2.45) is 0 Å². The van der Waals surface area contributed by atoms with Gasteiger partial charge in [-0.25, -0.2) is 4.39 Å². The van der Waals surface area contributed by atoms with E-state index < -0.39 is 16.6 Å². The van der Waals surface area contributed by atoms with Crippen LogP contribution in [0.15, 0.2) is 23.4 Å². The first-order valence-corrected chi connectivity index (χ1v) is 6.10. The summed E-state index contributed by atoms with van der Waals surface area (Å²) in [6.45, 7) is 0. The van der Waals surface area contributed by atoms with Gasteiger partial charge in [-0.05, 0) is 28.6 Å².